The number of hydrogen-bond acceptors (Lipinski definition) is 4. The molecule has 0 aromatic heterocycles. The molecule has 1 atom stereocenters. The maximum atomic E-state index is 11.8. The van der Waals surface area contributed by atoms with E-state index in [2.05, 4.69) is 20.9 Å². The number of hydrogen-bond donors (Lipinski definition) is 4. The zero-order valence-electron chi connectivity index (χ0n) is 15.5. The van der Waals surface area contributed by atoms with Gasteiger partial charge in [-0.2, -0.15) is 0 Å². The number of carbonyl (C=O) groups excluding carboxylic acids is 2. The van der Waals surface area contributed by atoms with Crippen LogP contribution in [0.15, 0.2) is 29.3 Å². The molecule has 27 heavy (non-hydrogen) atoms. The second-order valence-corrected chi connectivity index (χ2v) is 6.06. The van der Waals surface area contributed by atoms with Gasteiger partial charge in [0.2, 0.25) is 5.91 Å². The van der Waals surface area contributed by atoms with E-state index in [-0.39, 0.29) is 42.5 Å². The number of halogens is 1. The van der Waals surface area contributed by atoms with E-state index in [9.17, 15) is 9.59 Å². The maximum Gasteiger partial charge on any atom is 0.251 e. The average Bonchev–Trinajstić information content (AvgIpc) is 3.16. The van der Waals surface area contributed by atoms with Crippen LogP contribution < -0.4 is 21.7 Å². The van der Waals surface area contributed by atoms with Crippen LogP contribution in [0.3, 0.4) is 0 Å². The van der Waals surface area contributed by atoms with Crippen LogP contribution in [-0.4, -0.2) is 50.1 Å². The van der Waals surface area contributed by atoms with E-state index in [0.29, 0.717) is 12.1 Å². The number of nitrogens with one attached hydrogen (secondary N) is 3. The minimum atomic E-state index is -0.573. The molecule has 0 saturated carbocycles. The first-order valence-corrected chi connectivity index (χ1v) is 8.87. The molecule has 9 heteroatoms. The Balaban J connectivity index is 0.00000364. The van der Waals surface area contributed by atoms with Crippen LogP contribution in [0, 0.1) is 0 Å². The largest absolute Gasteiger partial charge is 0.376 e. The Morgan fingerprint density at radius 2 is 1.96 bits per heavy atom. The van der Waals surface area contributed by atoms with Gasteiger partial charge in [-0.25, -0.2) is 4.99 Å². The molecule has 1 heterocycles. The fourth-order valence-corrected chi connectivity index (χ4v) is 2.56. The van der Waals surface area contributed by atoms with Gasteiger partial charge in [0.25, 0.3) is 5.91 Å². The Hall–Kier alpha value is -1.88. The van der Waals surface area contributed by atoms with E-state index in [1.54, 1.807) is 12.1 Å². The van der Waals surface area contributed by atoms with Gasteiger partial charge in [-0.1, -0.05) is 12.1 Å². The Bertz CT molecular complexity index is 630. The molecule has 1 aromatic rings. The van der Waals surface area contributed by atoms with Crippen LogP contribution in [-0.2, 0) is 16.1 Å². The Labute approximate surface area is 176 Å². The van der Waals surface area contributed by atoms with E-state index in [0.717, 1.165) is 44.1 Å². The zero-order chi connectivity index (χ0) is 18.8. The first kappa shape index (κ1) is 23.2. The van der Waals surface area contributed by atoms with Crippen molar-refractivity contribution in [1.82, 2.24) is 16.0 Å². The summed E-state index contributed by atoms with van der Waals surface area (Å²) < 4.78 is 5.60. The molecule has 1 fully saturated rings. The number of primary amides is 1. The van der Waals surface area contributed by atoms with Crippen LogP contribution in [0.25, 0.3) is 0 Å². The summed E-state index contributed by atoms with van der Waals surface area (Å²) in [6.45, 7) is 4.68. The lowest BCUT2D eigenvalue weighted by atomic mass is 10.1. The molecule has 0 aliphatic carbocycles. The SMILES string of the molecule is CCNC(=NCc1ccc(C(=O)NCC(N)=O)cc1)NCC1CCCO1.I. The first-order chi connectivity index (χ1) is 12.6. The summed E-state index contributed by atoms with van der Waals surface area (Å²) in [6.07, 6.45) is 2.43. The van der Waals surface area contributed by atoms with Crippen molar-refractivity contribution < 1.29 is 14.3 Å². The highest BCUT2D eigenvalue weighted by Crippen LogP contribution is 2.10. The summed E-state index contributed by atoms with van der Waals surface area (Å²) in [7, 11) is 0. The molecular weight excluding hydrogens is 461 g/mol. The molecule has 1 saturated heterocycles. The van der Waals surface area contributed by atoms with Crippen LogP contribution in [0.4, 0.5) is 0 Å². The number of rotatable bonds is 8. The van der Waals surface area contributed by atoms with Crippen LogP contribution >= 0.6 is 24.0 Å². The summed E-state index contributed by atoms with van der Waals surface area (Å²) in [6, 6.07) is 7.08. The van der Waals surface area contributed by atoms with E-state index < -0.39 is 5.91 Å². The van der Waals surface area contributed by atoms with Gasteiger partial charge in [-0.05, 0) is 37.5 Å². The molecule has 1 aliphatic rings. The summed E-state index contributed by atoms with van der Waals surface area (Å²) in [5.41, 5.74) is 6.46. The highest BCUT2D eigenvalue weighted by molar-refractivity contribution is 14.0. The van der Waals surface area contributed by atoms with Crippen molar-refractivity contribution in [2.24, 2.45) is 10.7 Å². The summed E-state index contributed by atoms with van der Waals surface area (Å²) in [5.74, 6) is -0.160. The molecule has 150 valence electrons. The summed E-state index contributed by atoms with van der Waals surface area (Å²) in [5, 5.41) is 8.96. The fourth-order valence-electron chi connectivity index (χ4n) is 2.56. The van der Waals surface area contributed by atoms with Crippen LogP contribution in [0.2, 0.25) is 0 Å². The van der Waals surface area contributed by atoms with Crippen molar-refractivity contribution in [3.05, 3.63) is 35.4 Å². The lowest BCUT2D eigenvalue weighted by molar-refractivity contribution is -0.117. The number of ether oxygens (including phenoxy) is 1. The lowest BCUT2D eigenvalue weighted by Gasteiger charge is -2.14. The predicted octanol–water partition coefficient (Wildman–Crippen LogP) is 0.754. The molecule has 0 spiro atoms. The van der Waals surface area contributed by atoms with Gasteiger partial charge in [0, 0.05) is 25.3 Å². The van der Waals surface area contributed by atoms with Gasteiger partial charge in [-0.3, -0.25) is 9.59 Å². The molecule has 1 unspecified atom stereocenters. The van der Waals surface area contributed by atoms with Crippen molar-refractivity contribution >= 4 is 41.8 Å². The zero-order valence-corrected chi connectivity index (χ0v) is 17.8. The van der Waals surface area contributed by atoms with Crippen molar-refractivity contribution in [3.63, 3.8) is 0 Å². The number of aliphatic imine (C=N–C) groups is 1. The van der Waals surface area contributed by atoms with Gasteiger partial charge in [-0.15, -0.1) is 24.0 Å². The monoisotopic (exact) mass is 489 g/mol. The van der Waals surface area contributed by atoms with Crippen LogP contribution in [0.5, 0.6) is 0 Å². The topological polar surface area (TPSA) is 118 Å². The molecule has 0 bridgehead atoms. The third-order valence-electron chi connectivity index (χ3n) is 3.92. The fraction of sp³-hybridized carbons (Fsp3) is 0.500. The Morgan fingerprint density at radius 3 is 2.56 bits per heavy atom. The maximum absolute atomic E-state index is 11.8. The number of nitrogens with zero attached hydrogens (tertiary/aromatic N) is 1. The van der Waals surface area contributed by atoms with Gasteiger partial charge < -0.3 is 26.4 Å². The Morgan fingerprint density at radius 1 is 1.22 bits per heavy atom. The van der Waals surface area contributed by atoms with Crippen molar-refractivity contribution in [1.29, 1.82) is 0 Å². The van der Waals surface area contributed by atoms with Crippen molar-refractivity contribution in [2.45, 2.75) is 32.4 Å². The van der Waals surface area contributed by atoms with Gasteiger partial charge in [0.15, 0.2) is 5.96 Å². The molecule has 2 rings (SSSR count). The van der Waals surface area contributed by atoms with E-state index >= 15 is 0 Å². The number of carbonyl (C=O) groups is 2. The quantitative estimate of drug-likeness (QED) is 0.244. The third-order valence-corrected chi connectivity index (χ3v) is 3.92. The minimum absolute atomic E-state index is 0. The Kier molecular flexibility index (Phi) is 10.7. The number of nitrogens with two attached hydrogens (primary N) is 1. The predicted molar refractivity (Wildman–Crippen MR) is 115 cm³/mol. The number of benzene rings is 1. The van der Waals surface area contributed by atoms with Crippen LogP contribution in [0.1, 0.15) is 35.7 Å². The second kappa shape index (κ2) is 12.5. The minimum Gasteiger partial charge on any atom is -0.376 e. The van der Waals surface area contributed by atoms with E-state index in [1.165, 1.54) is 0 Å². The number of amides is 2. The molecule has 5 N–H and O–H groups in total. The summed E-state index contributed by atoms with van der Waals surface area (Å²) in [4.78, 5) is 27.1. The number of guanidine groups is 1. The highest BCUT2D eigenvalue weighted by Gasteiger charge is 2.15. The molecule has 1 aromatic carbocycles. The van der Waals surface area contributed by atoms with Gasteiger partial charge in [0.1, 0.15) is 0 Å². The molecule has 1 aliphatic heterocycles. The summed E-state index contributed by atoms with van der Waals surface area (Å²) >= 11 is 0. The normalized spacial score (nSPS) is 16.3. The molecular formula is C18H28IN5O3. The smallest absolute Gasteiger partial charge is 0.251 e. The van der Waals surface area contributed by atoms with Crippen molar-refractivity contribution in [2.75, 3.05) is 26.2 Å². The van der Waals surface area contributed by atoms with Gasteiger partial charge >= 0.3 is 0 Å². The highest BCUT2D eigenvalue weighted by atomic mass is 127. The third kappa shape index (κ3) is 8.57. The van der Waals surface area contributed by atoms with Crippen molar-refractivity contribution in [3.8, 4) is 0 Å². The first-order valence-electron chi connectivity index (χ1n) is 8.87. The van der Waals surface area contributed by atoms with E-state index in [1.807, 2.05) is 19.1 Å². The standard InChI is InChI=1S/C18H27N5O3.HI/c1-2-20-18(23-11-15-4-3-9-26-15)22-10-13-5-7-14(8-6-13)17(25)21-12-16(19)24;/h5-8,15H,2-4,9-12H2,1H3,(H2,19,24)(H,21,25)(H2,20,22,23);1H. The lowest BCUT2D eigenvalue weighted by Crippen LogP contribution is -2.41. The van der Waals surface area contributed by atoms with E-state index in [4.69, 9.17) is 10.5 Å². The average molecular weight is 489 g/mol. The van der Waals surface area contributed by atoms with Gasteiger partial charge in [0.05, 0.1) is 19.2 Å². The molecule has 8 nitrogen and oxygen atoms in total. The second-order valence-electron chi connectivity index (χ2n) is 6.06. The molecule has 2 amide bonds. The molecule has 0 radical (unpaired) electrons.